The minimum atomic E-state index is 0.00406. The summed E-state index contributed by atoms with van der Waals surface area (Å²) in [6.07, 6.45) is 2.04. The number of carbonyl (C=O) groups excluding carboxylic acids is 1. The van der Waals surface area contributed by atoms with E-state index in [-0.39, 0.29) is 5.91 Å². The van der Waals surface area contributed by atoms with Crippen LogP contribution in [0.2, 0.25) is 0 Å². The van der Waals surface area contributed by atoms with Crippen molar-refractivity contribution >= 4 is 5.91 Å². The van der Waals surface area contributed by atoms with Gasteiger partial charge in [0.25, 0.3) is 5.91 Å². The van der Waals surface area contributed by atoms with E-state index in [9.17, 15) is 4.79 Å². The van der Waals surface area contributed by atoms with Crippen molar-refractivity contribution in [1.82, 2.24) is 15.1 Å². The van der Waals surface area contributed by atoms with Crippen molar-refractivity contribution in [3.05, 3.63) is 66.2 Å². The third-order valence-corrected chi connectivity index (χ3v) is 4.52. The zero-order valence-corrected chi connectivity index (χ0v) is 17.0. The monoisotopic (exact) mass is 391 g/mol. The van der Waals surface area contributed by atoms with Gasteiger partial charge < -0.3 is 14.4 Å². The Bertz CT molecular complexity index is 958. The number of hydrogen-bond donors (Lipinski definition) is 0. The van der Waals surface area contributed by atoms with Crippen molar-refractivity contribution in [2.75, 3.05) is 20.7 Å². The lowest BCUT2D eigenvalue weighted by atomic mass is 10.1. The van der Waals surface area contributed by atoms with Gasteiger partial charge in [-0.05, 0) is 36.8 Å². The fourth-order valence-corrected chi connectivity index (χ4v) is 2.87. The number of hydrogen-bond acceptors (Lipinski definition) is 5. The molecule has 1 aromatic heterocycles. The van der Waals surface area contributed by atoms with Gasteiger partial charge in [0.2, 0.25) is 5.88 Å². The maximum absolute atomic E-state index is 12.6. The molecule has 0 saturated heterocycles. The van der Waals surface area contributed by atoms with E-state index in [1.54, 1.807) is 24.1 Å². The van der Waals surface area contributed by atoms with Crippen LogP contribution in [0.5, 0.6) is 17.4 Å². The van der Waals surface area contributed by atoms with Gasteiger partial charge in [-0.15, -0.1) is 10.2 Å². The molecule has 0 aliphatic heterocycles. The molecular weight excluding hydrogens is 366 g/mol. The number of carbonyl (C=O) groups is 1. The smallest absolute Gasteiger partial charge is 0.253 e. The molecule has 0 fully saturated rings. The number of benzene rings is 2. The molecule has 6 heteroatoms. The number of nitrogens with zero attached hydrogens (tertiary/aromatic N) is 3. The molecule has 0 aliphatic rings. The molecule has 0 bridgehead atoms. The third kappa shape index (κ3) is 5.10. The Balaban J connectivity index is 1.75. The molecule has 1 heterocycles. The van der Waals surface area contributed by atoms with Crippen LogP contribution < -0.4 is 9.47 Å². The van der Waals surface area contributed by atoms with Gasteiger partial charge in [0.15, 0.2) is 11.5 Å². The van der Waals surface area contributed by atoms with E-state index >= 15 is 0 Å². The molecule has 0 saturated carbocycles. The fourth-order valence-electron chi connectivity index (χ4n) is 2.87. The SMILES string of the molecule is CCCCN(C)C(=O)c1cccc(-c2ccc(Oc3ccccc3OC)nn2)c1. The summed E-state index contributed by atoms with van der Waals surface area (Å²) in [4.78, 5) is 14.4. The zero-order valence-electron chi connectivity index (χ0n) is 17.0. The van der Waals surface area contributed by atoms with Crippen LogP contribution in [0, 0.1) is 0 Å². The lowest BCUT2D eigenvalue weighted by Crippen LogP contribution is -2.27. The van der Waals surface area contributed by atoms with Gasteiger partial charge in [0, 0.05) is 30.8 Å². The summed E-state index contributed by atoms with van der Waals surface area (Å²) in [5.74, 6) is 1.56. The van der Waals surface area contributed by atoms with E-state index in [4.69, 9.17) is 9.47 Å². The molecule has 0 atom stereocenters. The summed E-state index contributed by atoms with van der Waals surface area (Å²) in [6.45, 7) is 2.85. The second-order valence-electron chi connectivity index (χ2n) is 6.67. The molecular formula is C23H25N3O3. The Morgan fingerprint density at radius 1 is 1.00 bits per heavy atom. The molecule has 2 aromatic carbocycles. The van der Waals surface area contributed by atoms with Crippen LogP contribution in [0.3, 0.4) is 0 Å². The van der Waals surface area contributed by atoms with Crippen molar-refractivity contribution in [1.29, 1.82) is 0 Å². The predicted molar refractivity (Wildman–Crippen MR) is 112 cm³/mol. The first-order chi connectivity index (χ1) is 14.1. The highest BCUT2D eigenvalue weighted by Gasteiger charge is 2.13. The van der Waals surface area contributed by atoms with E-state index in [1.165, 1.54) is 0 Å². The number of rotatable bonds is 8. The average molecular weight is 391 g/mol. The first-order valence-electron chi connectivity index (χ1n) is 9.63. The van der Waals surface area contributed by atoms with Crippen LogP contribution >= 0.6 is 0 Å². The van der Waals surface area contributed by atoms with E-state index in [0.29, 0.717) is 28.6 Å². The van der Waals surface area contributed by atoms with Crippen LogP contribution in [-0.2, 0) is 0 Å². The van der Waals surface area contributed by atoms with Gasteiger partial charge in [-0.3, -0.25) is 4.79 Å². The second kappa shape index (κ2) is 9.68. The maximum Gasteiger partial charge on any atom is 0.253 e. The number of ether oxygens (including phenoxy) is 2. The molecule has 29 heavy (non-hydrogen) atoms. The standard InChI is InChI=1S/C23H25N3O3/c1-4-5-15-26(2)23(27)18-10-8-9-17(16-18)19-13-14-22(25-24-19)29-21-12-7-6-11-20(21)28-3/h6-14,16H,4-5,15H2,1-3H3. The van der Waals surface area contributed by atoms with Crippen molar-refractivity contribution in [3.8, 4) is 28.6 Å². The normalized spacial score (nSPS) is 10.4. The number of aromatic nitrogens is 2. The third-order valence-electron chi connectivity index (χ3n) is 4.52. The van der Waals surface area contributed by atoms with Crippen LogP contribution in [0.4, 0.5) is 0 Å². The van der Waals surface area contributed by atoms with Crippen LogP contribution in [0.25, 0.3) is 11.3 Å². The number of unbranched alkanes of at least 4 members (excludes halogenated alkanes) is 1. The molecule has 1 amide bonds. The minimum Gasteiger partial charge on any atom is -0.493 e. The molecule has 0 spiro atoms. The second-order valence-corrected chi connectivity index (χ2v) is 6.67. The van der Waals surface area contributed by atoms with Crippen molar-refractivity contribution in [2.24, 2.45) is 0 Å². The number of para-hydroxylation sites is 2. The largest absolute Gasteiger partial charge is 0.493 e. The van der Waals surface area contributed by atoms with Gasteiger partial charge in [0.1, 0.15) is 0 Å². The number of amides is 1. The van der Waals surface area contributed by atoms with Crippen LogP contribution in [0.15, 0.2) is 60.7 Å². The number of methoxy groups -OCH3 is 1. The summed E-state index contributed by atoms with van der Waals surface area (Å²) in [5.41, 5.74) is 2.14. The molecule has 3 aromatic rings. The summed E-state index contributed by atoms with van der Waals surface area (Å²) < 4.78 is 11.0. The highest BCUT2D eigenvalue weighted by molar-refractivity contribution is 5.95. The van der Waals surface area contributed by atoms with E-state index in [0.717, 1.165) is 24.9 Å². The van der Waals surface area contributed by atoms with E-state index < -0.39 is 0 Å². The van der Waals surface area contributed by atoms with Gasteiger partial charge in [-0.2, -0.15) is 0 Å². The Labute approximate surface area is 171 Å². The summed E-state index contributed by atoms with van der Waals surface area (Å²) in [6, 6.07) is 18.4. The van der Waals surface area contributed by atoms with Crippen LogP contribution in [-0.4, -0.2) is 41.7 Å². The Morgan fingerprint density at radius 2 is 1.79 bits per heavy atom. The van der Waals surface area contributed by atoms with Crippen molar-refractivity contribution in [2.45, 2.75) is 19.8 Å². The molecule has 0 radical (unpaired) electrons. The van der Waals surface area contributed by atoms with Crippen molar-refractivity contribution in [3.63, 3.8) is 0 Å². The Kier molecular flexibility index (Phi) is 6.79. The maximum atomic E-state index is 12.6. The van der Waals surface area contributed by atoms with Gasteiger partial charge in [0.05, 0.1) is 12.8 Å². The van der Waals surface area contributed by atoms with Crippen molar-refractivity contribution < 1.29 is 14.3 Å². The molecule has 150 valence electrons. The van der Waals surface area contributed by atoms with Crippen LogP contribution in [0.1, 0.15) is 30.1 Å². The molecule has 0 N–H and O–H groups in total. The Morgan fingerprint density at radius 3 is 2.48 bits per heavy atom. The Hall–Kier alpha value is -3.41. The summed E-state index contributed by atoms with van der Waals surface area (Å²) in [5, 5.41) is 8.41. The average Bonchev–Trinajstić information content (AvgIpc) is 2.78. The van der Waals surface area contributed by atoms with Gasteiger partial charge >= 0.3 is 0 Å². The fraction of sp³-hybridized carbons (Fsp3) is 0.261. The summed E-state index contributed by atoms with van der Waals surface area (Å²) >= 11 is 0. The first kappa shape index (κ1) is 20.3. The molecule has 0 unspecified atom stereocenters. The quantitative estimate of drug-likeness (QED) is 0.551. The first-order valence-corrected chi connectivity index (χ1v) is 9.63. The summed E-state index contributed by atoms with van der Waals surface area (Å²) in [7, 11) is 3.42. The van der Waals surface area contributed by atoms with Gasteiger partial charge in [-0.1, -0.05) is 37.6 Å². The predicted octanol–water partition coefficient (Wildman–Crippen LogP) is 4.82. The zero-order chi connectivity index (χ0) is 20.6. The highest BCUT2D eigenvalue weighted by atomic mass is 16.5. The minimum absolute atomic E-state index is 0.00406. The van der Waals surface area contributed by atoms with Gasteiger partial charge in [-0.25, -0.2) is 0 Å². The molecule has 6 nitrogen and oxygen atoms in total. The topological polar surface area (TPSA) is 64.6 Å². The molecule has 0 aliphatic carbocycles. The lowest BCUT2D eigenvalue weighted by molar-refractivity contribution is 0.0793. The van der Waals surface area contributed by atoms with E-state index in [1.807, 2.05) is 55.6 Å². The highest BCUT2D eigenvalue weighted by Crippen LogP contribution is 2.30. The van der Waals surface area contributed by atoms with E-state index in [2.05, 4.69) is 17.1 Å². The lowest BCUT2D eigenvalue weighted by Gasteiger charge is -2.17. The molecule has 3 rings (SSSR count).